The largest absolute Gasteiger partial charge is 0.483 e. The summed E-state index contributed by atoms with van der Waals surface area (Å²) >= 11 is 0. The summed E-state index contributed by atoms with van der Waals surface area (Å²) in [6, 6.07) is 7.79. The van der Waals surface area contributed by atoms with Crippen molar-refractivity contribution >= 4 is 12.2 Å². The highest BCUT2D eigenvalue weighted by molar-refractivity contribution is 5.38. The Labute approximate surface area is 117 Å². The van der Waals surface area contributed by atoms with E-state index < -0.39 is 0 Å². The van der Waals surface area contributed by atoms with Gasteiger partial charge in [-0.05, 0) is 52.0 Å². The number of nitrogens with zero attached hydrogens (tertiary/aromatic N) is 1. The number of benzene rings is 1. The van der Waals surface area contributed by atoms with Crippen LogP contribution in [0.5, 0.6) is 0 Å². The first-order valence-corrected chi connectivity index (χ1v) is 6.60. The van der Waals surface area contributed by atoms with Crippen LogP contribution in [0.25, 0.3) is 0 Å². The van der Waals surface area contributed by atoms with Crippen molar-refractivity contribution in [3.05, 3.63) is 29.8 Å². The quantitative estimate of drug-likeness (QED) is 0.650. The molecule has 1 aromatic carbocycles. The van der Waals surface area contributed by atoms with Gasteiger partial charge < -0.3 is 15.7 Å². The molecule has 0 aromatic heterocycles. The average molecular weight is 268 g/mol. The molecule has 0 aliphatic rings. The molecule has 110 valence electrons. The number of rotatable bonds is 4. The minimum atomic E-state index is -0.250. The van der Waals surface area contributed by atoms with Gasteiger partial charge in [-0.15, -0.1) is 0 Å². The highest BCUT2D eigenvalue weighted by atomic mass is 16.3. The summed E-state index contributed by atoms with van der Waals surface area (Å²) in [5.74, 6) is 0. The molecule has 0 unspecified atom stereocenters. The lowest BCUT2D eigenvalue weighted by molar-refractivity contribution is -0.122. The Morgan fingerprint density at radius 3 is 1.79 bits per heavy atom. The van der Waals surface area contributed by atoms with E-state index in [1.165, 1.54) is 31.5 Å². The van der Waals surface area contributed by atoms with E-state index in [9.17, 15) is 0 Å². The summed E-state index contributed by atoms with van der Waals surface area (Å²) in [5.41, 5.74) is 7.51. The molecule has 3 N–H and O–H groups in total. The maximum absolute atomic E-state index is 8.36. The van der Waals surface area contributed by atoms with E-state index in [-0.39, 0.29) is 6.47 Å². The lowest BCUT2D eigenvalue weighted by Gasteiger charge is -2.12. The molecule has 0 bridgehead atoms. The van der Waals surface area contributed by atoms with Crippen LogP contribution >= 0.6 is 0 Å². The first-order valence-electron chi connectivity index (χ1n) is 6.60. The van der Waals surface area contributed by atoms with Gasteiger partial charge in [-0.1, -0.05) is 31.5 Å². The molecule has 4 nitrogen and oxygen atoms in total. The zero-order chi connectivity index (χ0) is 15.1. The number of carbonyl (C=O) groups is 1. The number of nitrogens with two attached hydrogens (primary N) is 1. The van der Waals surface area contributed by atoms with Gasteiger partial charge in [0.25, 0.3) is 6.47 Å². The van der Waals surface area contributed by atoms with E-state index in [0.29, 0.717) is 0 Å². The van der Waals surface area contributed by atoms with Crippen LogP contribution in [-0.4, -0.2) is 36.6 Å². The SMILES string of the molecule is CCCN(C)CCC.Cc1ccc(N)cc1.O=CO. The first-order chi connectivity index (χ1) is 9.01. The van der Waals surface area contributed by atoms with Gasteiger partial charge >= 0.3 is 0 Å². The van der Waals surface area contributed by atoms with E-state index >= 15 is 0 Å². The number of hydrogen-bond donors (Lipinski definition) is 2. The minimum Gasteiger partial charge on any atom is -0.483 e. The third kappa shape index (κ3) is 16.4. The Balaban J connectivity index is 0. The molecule has 1 aromatic rings. The van der Waals surface area contributed by atoms with Crippen molar-refractivity contribution in [3.63, 3.8) is 0 Å². The van der Waals surface area contributed by atoms with Crippen molar-refractivity contribution in [2.24, 2.45) is 0 Å². The maximum atomic E-state index is 8.36. The molecule has 0 aliphatic heterocycles. The van der Waals surface area contributed by atoms with Crippen molar-refractivity contribution < 1.29 is 9.90 Å². The van der Waals surface area contributed by atoms with Crippen LogP contribution in [0.4, 0.5) is 5.69 Å². The molecule has 0 saturated heterocycles. The molecule has 19 heavy (non-hydrogen) atoms. The van der Waals surface area contributed by atoms with Crippen LogP contribution < -0.4 is 5.73 Å². The van der Waals surface area contributed by atoms with Crippen LogP contribution in [0.2, 0.25) is 0 Å². The Morgan fingerprint density at radius 1 is 1.16 bits per heavy atom. The highest BCUT2D eigenvalue weighted by Crippen LogP contribution is 2.02. The zero-order valence-corrected chi connectivity index (χ0v) is 12.6. The number of anilines is 1. The Hall–Kier alpha value is -1.55. The Bertz CT molecular complexity index is 273. The van der Waals surface area contributed by atoms with Crippen molar-refractivity contribution in [1.82, 2.24) is 4.90 Å². The molecule has 0 aliphatic carbocycles. The number of carboxylic acid groups (broad SMARTS) is 1. The summed E-state index contributed by atoms with van der Waals surface area (Å²) in [6.45, 7) is 8.71. The predicted octanol–water partition coefficient (Wildman–Crippen LogP) is 3.02. The van der Waals surface area contributed by atoms with Gasteiger partial charge in [-0.3, -0.25) is 4.79 Å². The summed E-state index contributed by atoms with van der Waals surface area (Å²) < 4.78 is 0. The average Bonchev–Trinajstić information content (AvgIpc) is 2.35. The molecule has 4 heteroatoms. The zero-order valence-electron chi connectivity index (χ0n) is 12.6. The second kappa shape index (κ2) is 14.5. The molecule has 0 amide bonds. The number of nitrogen functional groups attached to an aromatic ring is 1. The van der Waals surface area contributed by atoms with Gasteiger partial charge in [0, 0.05) is 5.69 Å². The van der Waals surface area contributed by atoms with Crippen LogP contribution in [0.15, 0.2) is 24.3 Å². The molecule has 0 atom stereocenters. The molecule has 1 rings (SSSR count). The van der Waals surface area contributed by atoms with Crippen LogP contribution in [-0.2, 0) is 4.79 Å². The van der Waals surface area contributed by atoms with E-state index in [1.54, 1.807) is 0 Å². The topological polar surface area (TPSA) is 66.6 Å². The van der Waals surface area contributed by atoms with Gasteiger partial charge in [0.15, 0.2) is 0 Å². The van der Waals surface area contributed by atoms with Crippen molar-refractivity contribution in [2.75, 3.05) is 25.9 Å². The summed E-state index contributed by atoms with van der Waals surface area (Å²) in [6.07, 6.45) is 2.55. The van der Waals surface area contributed by atoms with Gasteiger partial charge in [-0.25, -0.2) is 0 Å². The van der Waals surface area contributed by atoms with Crippen LogP contribution in [0, 0.1) is 6.92 Å². The fraction of sp³-hybridized carbons (Fsp3) is 0.533. The summed E-state index contributed by atoms with van der Waals surface area (Å²) in [5, 5.41) is 6.89. The third-order valence-electron chi connectivity index (χ3n) is 2.29. The Kier molecular flexibility index (Phi) is 15.1. The van der Waals surface area contributed by atoms with E-state index in [0.717, 1.165) is 5.69 Å². The molecular weight excluding hydrogens is 240 g/mol. The standard InChI is InChI=1S/C7H9N.C7H17N.CH2O2/c1-6-2-4-7(8)5-3-6;1-4-6-8(3)7-5-2;2-1-3/h2-5H,8H2,1H3;4-7H2,1-3H3;1H,(H,2,3). The van der Waals surface area contributed by atoms with Crippen LogP contribution in [0.3, 0.4) is 0 Å². The molecule has 0 fully saturated rings. The Morgan fingerprint density at radius 2 is 1.53 bits per heavy atom. The first kappa shape index (κ1) is 19.8. The van der Waals surface area contributed by atoms with Gasteiger partial charge in [0.1, 0.15) is 0 Å². The van der Waals surface area contributed by atoms with Crippen molar-refractivity contribution in [1.29, 1.82) is 0 Å². The maximum Gasteiger partial charge on any atom is 0.290 e. The van der Waals surface area contributed by atoms with E-state index in [2.05, 4.69) is 25.8 Å². The minimum absolute atomic E-state index is 0.250. The summed E-state index contributed by atoms with van der Waals surface area (Å²) in [4.78, 5) is 10.7. The summed E-state index contributed by atoms with van der Waals surface area (Å²) in [7, 11) is 2.17. The number of aryl methyl sites for hydroxylation is 1. The smallest absolute Gasteiger partial charge is 0.290 e. The van der Waals surface area contributed by atoms with Crippen LogP contribution in [0.1, 0.15) is 32.3 Å². The molecule has 0 saturated carbocycles. The normalized spacial score (nSPS) is 8.89. The highest BCUT2D eigenvalue weighted by Gasteiger charge is 1.90. The molecular formula is C15H28N2O2. The van der Waals surface area contributed by atoms with E-state index in [1.807, 2.05) is 31.2 Å². The van der Waals surface area contributed by atoms with Gasteiger partial charge in [0.05, 0.1) is 0 Å². The third-order valence-corrected chi connectivity index (χ3v) is 2.29. The van der Waals surface area contributed by atoms with Crippen molar-refractivity contribution in [2.45, 2.75) is 33.6 Å². The number of hydrogen-bond acceptors (Lipinski definition) is 3. The fourth-order valence-electron chi connectivity index (χ4n) is 1.44. The fourth-order valence-corrected chi connectivity index (χ4v) is 1.44. The lowest BCUT2D eigenvalue weighted by Crippen LogP contribution is -2.19. The predicted molar refractivity (Wildman–Crippen MR) is 82.4 cm³/mol. The monoisotopic (exact) mass is 268 g/mol. The second-order valence-corrected chi connectivity index (χ2v) is 4.32. The molecule has 0 radical (unpaired) electrons. The van der Waals surface area contributed by atoms with Gasteiger partial charge in [-0.2, -0.15) is 0 Å². The van der Waals surface area contributed by atoms with Gasteiger partial charge in [0.2, 0.25) is 0 Å². The van der Waals surface area contributed by atoms with E-state index in [4.69, 9.17) is 15.6 Å². The second-order valence-electron chi connectivity index (χ2n) is 4.32. The molecule has 0 heterocycles. The lowest BCUT2D eigenvalue weighted by atomic mass is 10.2. The molecule has 0 spiro atoms. The van der Waals surface area contributed by atoms with Crippen molar-refractivity contribution in [3.8, 4) is 0 Å².